The maximum Gasteiger partial charge on any atom is 0.191 e. The van der Waals surface area contributed by atoms with Gasteiger partial charge >= 0.3 is 0 Å². The van der Waals surface area contributed by atoms with Gasteiger partial charge < -0.3 is 16.2 Å². The van der Waals surface area contributed by atoms with Crippen LogP contribution in [0.2, 0.25) is 0 Å². The number of nitrogen functional groups attached to an aromatic ring is 1. The number of anilines is 1. The predicted molar refractivity (Wildman–Crippen MR) is 43.2 cm³/mol. The largest absolute Gasteiger partial charge is 0.488 e. The summed E-state index contributed by atoms with van der Waals surface area (Å²) in [5.74, 6) is -1.67. The van der Waals surface area contributed by atoms with Crippen molar-refractivity contribution in [3.05, 3.63) is 23.3 Å². The zero-order valence-electron chi connectivity index (χ0n) is 6.68. The molecule has 0 radical (unpaired) electrons. The van der Waals surface area contributed by atoms with Crippen LogP contribution in [0.4, 0.5) is 14.5 Å². The molecule has 0 bridgehead atoms. The molecule has 1 aliphatic heterocycles. The Labute approximate surface area is 73.3 Å². The minimum absolute atomic E-state index is 0.0219. The van der Waals surface area contributed by atoms with E-state index >= 15 is 0 Å². The van der Waals surface area contributed by atoms with Crippen molar-refractivity contribution < 1.29 is 13.5 Å². The second-order valence-corrected chi connectivity index (χ2v) is 2.92. The Morgan fingerprint density at radius 1 is 1.46 bits per heavy atom. The van der Waals surface area contributed by atoms with Gasteiger partial charge in [0.05, 0.1) is 6.04 Å². The smallest absolute Gasteiger partial charge is 0.191 e. The summed E-state index contributed by atoms with van der Waals surface area (Å²) in [6.45, 7) is 0.162. The average Bonchev–Trinajstić information content (AvgIpc) is 2.45. The van der Waals surface area contributed by atoms with E-state index in [-0.39, 0.29) is 12.4 Å². The first-order valence-corrected chi connectivity index (χ1v) is 3.77. The van der Waals surface area contributed by atoms with E-state index in [0.717, 1.165) is 6.07 Å². The molecule has 5 heteroatoms. The fraction of sp³-hybridized carbons (Fsp3) is 0.250. The lowest BCUT2D eigenvalue weighted by Crippen LogP contribution is -2.11. The number of fused-ring (bicyclic) bond motifs is 1. The maximum absolute atomic E-state index is 13.2. The molecule has 0 spiro atoms. The summed E-state index contributed by atoms with van der Waals surface area (Å²) in [6, 6.07) is 0.644. The highest BCUT2D eigenvalue weighted by atomic mass is 19.1. The average molecular weight is 186 g/mol. The summed E-state index contributed by atoms with van der Waals surface area (Å²) in [5, 5.41) is 0. The van der Waals surface area contributed by atoms with Crippen molar-refractivity contribution in [2.24, 2.45) is 5.73 Å². The fourth-order valence-corrected chi connectivity index (χ4v) is 1.32. The van der Waals surface area contributed by atoms with Gasteiger partial charge in [-0.1, -0.05) is 0 Å². The molecular weight excluding hydrogens is 178 g/mol. The summed E-state index contributed by atoms with van der Waals surface area (Å²) in [7, 11) is 0. The summed E-state index contributed by atoms with van der Waals surface area (Å²) < 4.78 is 31.1. The SMILES string of the molecule is Nc1c(F)cc2c(c1F)OC[C@@H]2N. The molecule has 2 rings (SSSR count). The van der Waals surface area contributed by atoms with Crippen LogP contribution in [0.25, 0.3) is 0 Å². The first kappa shape index (κ1) is 8.25. The molecule has 0 aliphatic carbocycles. The molecule has 0 saturated carbocycles. The van der Waals surface area contributed by atoms with Gasteiger partial charge in [-0.2, -0.15) is 0 Å². The number of benzene rings is 1. The van der Waals surface area contributed by atoms with Gasteiger partial charge in [0.25, 0.3) is 0 Å². The van der Waals surface area contributed by atoms with E-state index in [0.29, 0.717) is 5.56 Å². The van der Waals surface area contributed by atoms with E-state index in [4.69, 9.17) is 16.2 Å². The van der Waals surface area contributed by atoms with Crippen LogP contribution < -0.4 is 16.2 Å². The summed E-state index contributed by atoms with van der Waals surface area (Å²) in [6.07, 6.45) is 0. The second kappa shape index (κ2) is 2.56. The zero-order chi connectivity index (χ0) is 9.59. The first-order chi connectivity index (χ1) is 6.11. The highest BCUT2D eigenvalue weighted by Gasteiger charge is 2.27. The first-order valence-electron chi connectivity index (χ1n) is 3.77. The van der Waals surface area contributed by atoms with Crippen LogP contribution in [-0.4, -0.2) is 6.61 Å². The summed E-state index contributed by atoms with van der Waals surface area (Å²) in [4.78, 5) is 0. The maximum atomic E-state index is 13.2. The summed E-state index contributed by atoms with van der Waals surface area (Å²) >= 11 is 0. The minimum atomic E-state index is -0.858. The number of nitrogens with two attached hydrogens (primary N) is 2. The molecule has 4 N–H and O–H groups in total. The van der Waals surface area contributed by atoms with Crippen molar-refractivity contribution in [3.8, 4) is 5.75 Å². The number of hydrogen-bond acceptors (Lipinski definition) is 3. The van der Waals surface area contributed by atoms with Gasteiger partial charge in [0.1, 0.15) is 18.1 Å². The Morgan fingerprint density at radius 2 is 2.15 bits per heavy atom. The van der Waals surface area contributed by atoms with Gasteiger partial charge in [-0.3, -0.25) is 0 Å². The highest BCUT2D eigenvalue weighted by Crippen LogP contribution is 2.37. The standard InChI is InChI=1S/C8H8F2N2O/c9-4-1-3-5(11)2-13-8(3)6(10)7(4)12/h1,5H,2,11-12H2/t5-/m0/s1. The molecule has 0 aromatic heterocycles. The van der Waals surface area contributed by atoms with Crippen molar-refractivity contribution in [2.45, 2.75) is 6.04 Å². The van der Waals surface area contributed by atoms with Crippen LogP contribution in [0.1, 0.15) is 11.6 Å². The van der Waals surface area contributed by atoms with Crippen molar-refractivity contribution in [2.75, 3.05) is 12.3 Å². The predicted octanol–water partition coefficient (Wildman–Crippen LogP) is 0.939. The molecule has 1 atom stereocenters. The van der Waals surface area contributed by atoms with Gasteiger partial charge in [0.2, 0.25) is 0 Å². The normalized spacial score (nSPS) is 19.8. The molecule has 13 heavy (non-hydrogen) atoms. The number of hydrogen-bond donors (Lipinski definition) is 2. The Bertz CT molecular complexity index is 368. The number of rotatable bonds is 0. The van der Waals surface area contributed by atoms with Crippen LogP contribution >= 0.6 is 0 Å². The molecule has 0 fully saturated rings. The third-order valence-corrected chi connectivity index (χ3v) is 2.04. The van der Waals surface area contributed by atoms with E-state index in [1.807, 2.05) is 0 Å². The Hall–Kier alpha value is -1.36. The highest BCUT2D eigenvalue weighted by molar-refractivity contribution is 5.54. The van der Waals surface area contributed by atoms with E-state index in [1.165, 1.54) is 0 Å². The number of halogens is 2. The van der Waals surface area contributed by atoms with Gasteiger partial charge in [-0.05, 0) is 6.07 Å². The van der Waals surface area contributed by atoms with Crippen LogP contribution in [0.15, 0.2) is 6.07 Å². The lowest BCUT2D eigenvalue weighted by molar-refractivity contribution is 0.319. The zero-order valence-corrected chi connectivity index (χ0v) is 6.68. The lowest BCUT2D eigenvalue weighted by atomic mass is 10.1. The molecule has 1 aliphatic rings. The van der Waals surface area contributed by atoms with Crippen LogP contribution in [-0.2, 0) is 0 Å². The number of ether oxygens (including phenoxy) is 1. The second-order valence-electron chi connectivity index (χ2n) is 2.92. The third kappa shape index (κ3) is 1.04. The van der Waals surface area contributed by atoms with Crippen molar-refractivity contribution in [1.82, 2.24) is 0 Å². The Kier molecular flexibility index (Phi) is 1.63. The van der Waals surface area contributed by atoms with Crippen LogP contribution in [0.3, 0.4) is 0 Å². The van der Waals surface area contributed by atoms with Crippen LogP contribution in [0.5, 0.6) is 5.75 Å². The minimum Gasteiger partial charge on any atom is -0.488 e. The fourth-order valence-electron chi connectivity index (χ4n) is 1.32. The molecule has 0 unspecified atom stereocenters. The molecule has 1 heterocycles. The molecule has 1 aromatic rings. The van der Waals surface area contributed by atoms with Crippen molar-refractivity contribution in [3.63, 3.8) is 0 Å². The molecule has 0 saturated heterocycles. The molecule has 70 valence electrons. The Balaban J connectivity index is 2.67. The molecular formula is C8H8F2N2O. The Morgan fingerprint density at radius 3 is 2.85 bits per heavy atom. The summed E-state index contributed by atoms with van der Waals surface area (Å²) in [5.41, 5.74) is 10.5. The lowest BCUT2D eigenvalue weighted by Gasteiger charge is -2.04. The van der Waals surface area contributed by atoms with E-state index in [2.05, 4.69) is 0 Å². The quantitative estimate of drug-likeness (QED) is 0.593. The topological polar surface area (TPSA) is 61.3 Å². The van der Waals surface area contributed by atoms with E-state index in [1.54, 1.807) is 0 Å². The van der Waals surface area contributed by atoms with Gasteiger partial charge in [0, 0.05) is 5.56 Å². The molecule has 1 aromatic carbocycles. The molecule has 3 nitrogen and oxygen atoms in total. The van der Waals surface area contributed by atoms with E-state index in [9.17, 15) is 8.78 Å². The monoisotopic (exact) mass is 186 g/mol. The van der Waals surface area contributed by atoms with Gasteiger partial charge in [-0.15, -0.1) is 0 Å². The third-order valence-electron chi connectivity index (χ3n) is 2.04. The van der Waals surface area contributed by atoms with Crippen molar-refractivity contribution in [1.29, 1.82) is 0 Å². The van der Waals surface area contributed by atoms with E-state index < -0.39 is 23.4 Å². The van der Waals surface area contributed by atoms with Gasteiger partial charge in [-0.25, -0.2) is 8.78 Å². The van der Waals surface area contributed by atoms with Gasteiger partial charge in [0.15, 0.2) is 11.6 Å². The molecule has 0 amide bonds. The van der Waals surface area contributed by atoms with Crippen molar-refractivity contribution >= 4 is 5.69 Å². The van der Waals surface area contributed by atoms with Crippen LogP contribution in [0, 0.1) is 11.6 Å².